The van der Waals surface area contributed by atoms with Gasteiger partial charge in [0.1, 0.15) is 11.7 Å². The smallest absolute Gasteiger partial charge is 0.337 e. The van der Waals surface area contributed by atoms with Crippen LogP contribution in [-0.4, -0.2) is 49.0 Å². The molecule has 7 heteroatoms. The molecule has 0 aromatic carbocycles. The van der Waals surface area contributed by atoms with Gasteiger partial charge < -0.3 is 19.1 Å². The average molecular weight is 376 g/mol. The highest BCUT2D eigenvalue weighted by Crippen LogP contribution is 2.55. The molecule has 4 aliphatic rings. The number of nitrogens with zero attached hydrogens (tertiary/aromatic N) is 2. The molecule has 1 aromatic heterocycles. The maximum atomic E-state index is 12.4. The lowest BCUT2D eigenvalue weighted by Crippen LogP contribution is -2.46. The molecule has 2 aliphatic carbocycles. The third kappa shape index (κ3) is 2.52. The van der Waals surface area contributed by atoms with Gasteiger partial charge in [-0.2, -0.15) is 0 Å². The first-order valence-electron chi connectivity index (χ1n) is 9.51. The molecule has 0 amide bonds. The van der Waals surface area contributed by atoms with Crippen LogP contribution in [0, 0.1) is 11.8 Å². The SMILES string of the molecule is C[C@@H]1C=C2C(=O)O[C@@H]3CCC(C1)[C@]23OCc1cnc(N2CCOCC2)s1. The monoisotopic (exact) mass is 376 g/mol. The Bertz CT molecular complexity index is 742. The van der Waals surface area contributed by atoms with Gasteiger partial charge in [0.2, 0.25) is 0 Å². The van der Waals surface area contributed by atoms with Crippen molar-refractivity contribution < 1.29 is 19.0 Å². The van der Waals surface area contributed by atoms with E-state index in [0.29, 0.717) is 18.4 Å². The molecule has 0 spiro atoms. The van der Waals surface area contributed by atoms with Crippen LogP contribution in [0.2, 0.25) is 0 Å². The van der Waals surface area contributed by atoms with Gasteiger partial charge in [-0.05, 0) is 31.1 Å². The number of thiazole rings is 1. The van der Waals surface area contributed by atoms with Crippen molar-refractivity contribution in [3.05, 3.63) is 22.7 Å². The molecule has 2 saturated heterocycles. The average Bonchev–Trinajstić information content (AvgIpc) is 3.32. The molecule has 3 fully saturated rings. The second-order valence-corrected chi connectivity index (χ2v) is 8.85. The molecule has 0 N–H and O–H groups in total. The van der Waals surface area contributed by atoms with E-state index in [2.05, 4.69) is 22.9 Å². The largest absolute Gasteiger partial charge is 0.455 e. The maximum absolute atomic E-state index is 12.4. The van der Waals surface area contributed by atoms with E-state index in [-0.39, 0.29) is 12.1 Å². The normalized spacial score (nSPS) is 36.0. The molecule has 6 nitrogen and oxygen atoms in total. The van der Waals surface area contributed by atoms with Gasteiger partial charge in [-0.3, -0.25) is 0 Å². The van der Waals surface area contributed by atoms with E-state index in [9.17, 15) is 4.79 Å². The second-order valence-electron chi connectivity index (χ2n) is 7.75. The zero-order chi connectivity index (χ0) is 17.7. The van der Waals surface area contributed by atoms with Gasteiger partial charge in [-0.15, -0.1) is 0 Å². The highest BCUT2D eigenvalue weighted by molar-refractivity contribution is 7.15. The number of ether oxygens (including phenoxy) is 3. The van der Waals surface area contributed by atoms with Crippen molar-refractivity contribution in [2.75, 3.05) is 31.2 Å². The van der Waals surface area contributed by atoms with Gasteiger partial charge in [0.15, 0.2) is 5.13 Å². The Morgan fingerprint density at radius 3 is 3.08 bits per heavy atom. The summed E-state index contributed by atoms with van der Waals surface area (Å²) in [7, 11) is 0. The lowest BCUT2D eigenvalue weighted by atomic mass is 9.73. The van der Waals surface area contributed by atoms with E-state index in [1.807, 2.05) is 6.20 Å². The van der Waals surface area contributed by atoms with Crippen LogP contribution in [0.25, 0.3) is 0 Å². The lowest BCUT2D eigenvalue weighted by Gasteiger charge is -2.38. The Morgan fingerprint density at radius 1 is 1.38 bits per heavy atom. The van der Waals surface area contributed by atoms with Crippen molar-refractivity contribution >= 4 is 22.4 Å². The van der Waals surface area contributed by atoms with Gasteiger partial charge in [-0.25, -0.2) is 9.78 Å². The van der Waals surface area contributed by atoms with Crippen LogP contribution in [0.5, 0.6) is 0 Å². The summed E-state index contributed by atoms with van der Waals surface area (Å²) in [5.74, 6) is 0.609. The van der Waals surface area contributed by atoms with Crippen molar-refractivity contribution in [3.63, 3.8) is 0 Å². The first-order chi connectivity index (χ1) is 12.7. The molecule has 0 bridgehead atoms. The maximum Gasteiger partial charge on any atom is 0.337 e. The Labute approximate surface area is 157 Å². The lowest BCUT2D eigenvalue weighted by molar-refractivity contribution is -0.142. The van der Waals surface area contributed by atoms with Crippen molar-refractivity contribution in [2.45, 2.75) is 44.5 Å². The minimum absolute atomic E-state index is 0.120. The molecule has 140 valence electrons. The van der Waals surface area contributed by atoms with Crippen LogP contribution in [0.3, 0.4) is 0 Å². The standard InChI is InChI=1S/C19H24N2O4S/c1-12-8-13-2-3-16-19(13,15(9-12)17(22)25-16)24-11-14-10-20-18(26-14)21-4-6-23-7-5-21/h9-10,12-13,16H,2-8,11H2,1H3/t12-,13?,16+,19-/m0/s1. The van der Waals surface area contributed by atoms with Crippen LogP contribution < -0.4 is 4.90 Å². The number of carbonyl (C=O) groups is 1. The number of anilines is 1. The Balaban J connectivity index is 1.35. The van der Waals surface area contributed by atoms with Crippen molar-refractivity contribution in [1.82, 2.24) is 4.98 Å². The quantitative estimate of drug-likeness (QED) is 0.753. The number of esters is 1. The molecular weight excluding hydrogens is 352 g/mol. The summed E-state index contributed by atoms with van der Waals surface area (Å²) in [6.45, 7) is 5.93. The molecule has 26 heavy (non-hydrogen) atoms. The molecule has 1 unspecified atom stereocenters. The molecule has 4 atom stereocenters. The fraction of sp³-hybridized carbons (Fsp3) is 0.684. The third-order valence-corrected chi connectivity index (χ3v) is 7.17. The topological polar surface area (TPSA) is 60.9 Å². The Morgan fingerprint density at radius 2 is 2.23 bits per heavy atom. The minimum atomic E-state index is -0.535. The highest BCUT2D eigenvalue weighted by atomic mass is 32.1. The van der Waals surface area contributed by atoms with Crippen LogP contribution in [-0.2, 0) is 25.6 Å². The number of hydrogen-bond donors (Lipinski definition) is 0. The minimum Gasteiger partial charge on any atom is -0.455 e. The fourth-order valence-electron chi connectivity index (χ4n) is 4.97. The van der Waals surface area contributed by atoms with E-state index in [4.69, 9.17) is 14.2 Å². The molecule has 2 aliphatic heterocycles. The molecular formula is C19H24N2O4S. The van der Waals surface area contributed by atoms with Gasteiger partial charge >= 0.3 is 5.97 Å². The van der Waals surface area contributed by atoms with E-state index < -0.39 is 5.60 Å². The summed E-state index contributed by atoms with van der Waals surface area (Å²) in [5, 5.41) is 1.03. The van der Waals surface area contributed by atoms with Gasteiger partial charge in [0, 0.05) is 19.3 Å². The predicted molar refractivity (Wildman–Crippen MR) is 97.1 cm³/mol. The number of aromatic nitrogens is 1. The number of allylic oxidation sites excluding steroid dienone is 1. The third-order valence-electron chi connectivity index (χ3n) is 6.14. The van der Waals surface area contributed by atoms with Gasteiger partial charge in [0.05, 0.1) is 30.3 Å². The van der Waals surface area contributed by atoms with E-state index in [1.165, 1.54) is 0 Å². The summed E-state index contributed by atoms with van der Waals surface area (Å²) in [6, 6.07) is 0. The number of rotatable bonds is 4. The zero-order valence-corrected chi connectivity index (χ0v) is 15.8. The number of morpholine rings is 1. The number of carbonyl (C=O) groups excluding carboxylic acids is 1. The highest BCUT2D eigenvalue weighted by Gasteiger charge is 2.63. The first kappa shape index (κ1) is 16.7. The van der Waals surface area contributed by atoms with E-state index in [1.54, 1.807) is 11.3 Å². The van der Waals surface area contributed by atoms with Crippen LogP contribution in [0.15, 0.2) is 17.8 Å². The van der Waals surface area contributed by atoms with Crippen molar-refractivity contribution in [1.29, 1.82) is 0 Å². The van der Waals surface area contributed by atoms with E-state index in [0.717, 1.165) is 61.1 Å². The van der Waals surface area contributed by atoms with Crippen molar-refractivity contribution in [2.24, 2.45) is 11.8 Å². The van der Waals surface area contributed by atoms with Crippen molar-refractivity contribution in [3.8, 4) is 0 Å². The summed E-state index contributed by atoms with van der Waals surface area (Å²) < 4.78 is 17.6. The summed E-state index contributed by atoms with van der Waals surface area (Å²) in [5.41, 5.74) is 0.230. The number of hydrogen-bond acceptors (Lipinski definition) is 7. The molecule has 3 heterocycles. The molecule has 1 saturated carbocycles. The second kappa shape index (κ2) is 6.32. The van der Waals surface area contributed by atoms with Gasteiger partial charge in [0.25, 0.3) is 0 Å². The summed E-state index contributed by atoms with van der Waals surface area (Å²) in [4.78, 5) is 20.3. The molecule has 0 radical (unpaired) electrons. The molecule has 5 rings (SSSR count). The van der Waals surface area contributed by atoms with Crippen LogP contribution >= 0.6 is 11.3 Å². The summed E-state index contributed by atoms with van der Waals surface area (Å²) in [6.07, 6.45) is 6.91. The van der Waals surface area contributed by atoms with Crippen LogP contribution in [0.4, 0.5) is 5.13 Å². The Hall–Kier alpha value is -1.44. The van der Waals surface area contributed by atoms with Crippen LogP contribution in [0.1, 0.15) is 31.1 Å². The Kier molecular flexibility index (Phi) is 4.06. The summed E-state index contributed by atoms with van der Waals surface area (Å²) >= 11 is 1.67. The predicted octanol–water partition coefficient (Wildman–Crippen LogP) is 2.54. The fourth-order valence-corrected chi connectivity index (χ4v) is 5.85. The van der Waals surface area contributed by atoms with E-state index >= 15 is 0 Å². The zero-order valence-electron chi connectivity index (χ0n) is 15.0. The first-order valence-corrected chi connectivity index (χ1v) is 10.3. The van der Waals surface area contributed by atoms with Gasteiger partial charge in [-0.1, -0.05) is 24.3 Å². The molecule has 1 aromatic rings.